The van der Waals surface area contributed by atoms with E-state index in [4.69, 9.17) is 5.11 Å². The Hall–Kier alpha value is -1.06. The van der Waals surface area contributed by atoms with Crippen molar-refractivity contribution in [2.24, 2.45) is 11.8 Å². The molecule has 1 fully saturated rings. The van der Waals surface area contributed by atoms with E-state index < -0.39 is 5.97 Å². The molecule has 0 aromatic rings. The van der Waals surface area contributed by atoms with Crippen LogP contribution in [-0.2, 0) is 9.59 Å². The molecule has 1 saturated carbocycles. The summed E-state index contributed by atoms with van der Waals surface area (Å²) in [4.78, 5) is 21.8. The van der Waals surface area contributed by atoms with Crippen LogP contribution in [0, 0.1) is 11.8 Å². The summed E-state index contributed by atoms with van der Waals surface area (Å²) in [5, 5.41) is 11.4. The van der Waals surface area contributed by atoms with Gasteiger partial charge in [-0.05, 0) is 18.3 Å². The largest absolute Gasteiger partial charge is 0.481 e. The number of carboxylic acid groups (broad SMARTS) is 1. The highest BCUT2D eigenvalue weighted by Crippen LogP contribution is 2.29. The Balaban J connectivity index is 2.35. The van der Waals surface area contributed by atoms with Gasteiger partial charge >= 0.3 is 5.97 Å². The molecule has 0 radical (unpaired) electrons. The quantitative estimate of drug-likeness (QED) is 0.769. The predicted octanol–water partition coefficient (Wildman–Crippen LogP) is 1.79. The number of hydrogen-bond acceptors (Lipinski definition) is 2. The number of rotatable bonds is 4. The topological polar surface area (TPSA) is 66.4 Å². The summed E-state index contributed by atoms with van der Waals surface area (Å²) < 4.78 is 0. The molecule has 2 N–H and O–H groups in total. The van der Waals surface area contributed by atoms with Crippen molar-refractivity contribution in [2.45, 2.75) is 52.0 Å². The molecule has 0 aromatic heterocycles. The lowest BCUT2D eigenvalue weighted by atomic mass is 9.78. The minimum absolute atomic E-state index is 0.0809. The second kappa shape index (κ2) is 5.87. The predicted molar refractivity (Wildman–Crippen MR) is 61.0 cm³/mol. The third kappa shape index (κ3) is 3.83. The minimum Gasteiger partial charge on any atom is -0.481 e. The molecule has 0 heterocycles. The molecular formula is C12H21NO3. The number of nitrogens with one attached hydrogen (secondary N) is 1. The highest BCUT2D eigenvalue weighted by Gasteiger charge is 2.27. The fraction of sp³-hybridized carbons (Fsp3) is 0.833. The number of carbonyl (C=O) groups is 2. The average molecular weight is 227 g/mol. The maximum atomic E-state index is 11.5. The number of hydrogen-bond donors (Lipinski definition) is 2. The zero-order chi connectivity index (χ0) is 12.1. The molecule has 4 nitrogen and oxygen atoms in total. The Morgan fingerprint density at radius 1 is 1.25 bits per heavy atom. The second-order valence-electron chi connectivity index (χ2n) is 4.84. The Labute approximate surface area is 96.4 Å². The molecule has 3 atom stereocenters. The van der Waals surface area contributed by atoms with Gasteiger partial charge in [-0.1, -0.05) is 26.7 Å². The summed E-state index contributed by atoms with van der Waals surface area (Å²) in [5.41, 5.74) is 0. The third-order valence-corrected chi connectivity index (χ3v) is 3.62. The first kappa shape index (κ1) is 13.0. The molecule has 0 aromatic carbocycles. The molecule has 1 rings (SSSR count). The van der Waals surface area contributed by atoms with Gasteiger partial charge in [0.05, 0.1) is 6.42 Å². The Morgan fingerprint density at radius 3 is 2.56 bits per heavy atom. The molecule has 1 aliphatic carbocycles. The van der Waals surface area contributed by atoms with E-state index in [1.165, 1.54) is 6.42 Å². The number of carbonyl (C=O) groups excluding carboxylic acids is 1. The summed E-state index contributed by atoms with van der Waals surface area (Å²) in [6.45, 7) is 4.37. The van der Waals surface area contributed by atoms with Gasteiger partial charge in [-0.2, -0.15) is 0 Å². The van der Waals surface area contributed by atoms with Gasteiger partial charge in [0.2, 0.25) is 5.91 Å². The van der Waals surface area contributed by atoms with Crippen molar-refractivity contribution >= 4 is 11.9 Å². The highest BCUT2D eigenvalue weighted by atomic mass is 16.4. The average Bonchev–Trinajstić information content (AvgIpc) is 2.22. The normalized spacial score (nSPS) is 29.8. The molecule has 4 heteroatoms. The standard InChI is InChI=1S/C12H21NO3/c1-8-4-3-5-10(9(8)2)13-11(14)6-7-12(15)16/h8-10H,3-7H2,1-2H3,(H,13,14)(H,15,16). The molecule has 16 heavy (non-hydrogen) atoms. The molecule has 1 amide bonds. The van der Waals surface area contributed by atoms with Crippen LogP contribution in [0.3, 0.4) is 0 Å². The molecule has 3 unspecified atom stereocenters. The van der Waals surface area contributed by atoms with E-state index in [0.29, 0.717) is 11.8 Å². The highest BCUT2D eigenvalue weighted by molar-refractivity contribution is 5.80. The van der Waals surface area contributed by atoms with Gasteiger partial charge in [0.15, 0.2) is 0 Å². The molecule has 0 bridgehead atoms. The van der Waals surface area contributed by atoms with Crippen molar-refractivity contribution in [3.8, 4) is 0 Å². The monoisotopic (exact) mass is 227 g/mol. The van der Waals surface area contributed by atoms with Crippen molar-refractivity contribution in [1.82, 2.24) is 5.32 Å². The van der Waals surface area contributed by atoms with E-state index in [2.05, 4.69) is 19.2 Å². The van der Waals surface area contributed by atoms with Crippen molar-refractivity contribution in [3.63, 3.8) is 0 Å². The van der Waals surface area contributed by atoms with E-state index in [1.807, 2.05) is 0 Å². The Kier molecular flexibility index (Phi) is 4.77. The summed E-state index contributed by atoms with van der Waals surface area (Å²) in [6.07, 6.45) is 3.40. The molecule has 1 aliphatic rings. The summed E-state index contributed by atoms with van der Waals surface area (Å²) in [6, 6.07) is 0.227. The summed E-state index contributed by atoms with van der Waals surface area (Å²) >= 11 is 0. The lowest BCUT2D eigenvalue weighted by molar-refractivity contribution is -0.139. The van der Waals surface area contributed by atoms with Crippen LogP contribution in [0.2, 0.25) is 0 Å². The first-order valence-corrected chi connectivity index (χ1v) is 6.02. The van der Waals surface area contributed by atoms with Crippen LogP contribution in [0.15, 0.2) is 0 Å². The number of amides is 1. The lowest BCUT2D eigenvalue weighted by Gasteiger charge is -2.34. The molecular weight excluding hydrogens is 206 g/mol. The van der Waals surface area contributed by atoms with E-state index in [-0.39, 0.29) is 24.8 Å². The van der Waals surface area contributed by atoms with E-state index in [0.717, 1.165) is 12.8 Å². The van der Waals surface area contributed by atoms with Gasteiger partial charge in [-0.3, -0.25) is 9.59 Å². The van der Waals surface area contributed by atoms with Crippen molar-refractivity contribution < 1.29 is 14.7 Å². The second-order valence-corrected chi connectivity index (χ2v) is 4.84. The van der Waals surface area contributed by atoms with Crippen molar-refractivity contribution in [3.05, 3.63) is 0 Å². The van der Waals surface area contributed by atoms with Crippen LogP contribution in [0.4, 0.5) is 0 Å². The van der Waals surface area contributed by atoms with Crippen LogP contribution in [0.5, 0.6) is 0 Å². The summed E-state index contributed by atoms with van der Waals surface area (Å²) in [7, 11) is 0. The van der Waals surface area contributed by atoms with Gasteiger partial charge in [0.25, 0.3) is 0 Å². The number of aliphatic carboxylic acids is 1. The fourth-order valence-corrected chi connectivity index (χ4v) is 2.29. The number of carboxylic acids is 1. The van der Waals surface area contributed by atoms with Crippen LogP contribution in [0.25, 0.3) is 0 Å². The van der Waals surface area contributed by atoms with Gasteiger partial charge in [-0.25, -0.2) is 0 Å². The van der Waals surface area contributed by atoms with Crippen LogP contribution >= 0.6 is 0 Å². The molecule has 92 valence electrons. The lowest BCUT2D eigenvalue weighted by Crippen LogP contribution is -2.43. The van der Waals surface area contributed by atoms with Crippen LogP contribution in [0.1, 0.15) is 46.0 Å². The Bertz CT molecular complexity index is 265. The van der Waals surface area contributed by atoms with Crippen molar-refractivity contribution in [1.29, 1.82) is 0 Å². The summed E-state index contributed by atoms with van der Waals surface area (Å²) in [5.74, 6) is 0.0783. The SMILES string of the molecule is CC1CCCC(NC(=O)CCC(=O)O)C1C. The van der Waals surface area contributed by atoms with E-state index in [1.54, 1.807) is 0 Å². The zero-order valence-corrected chi connectivity index (χ0v) is 10.0. The fourth-order valence-electron chi connectivity index (χ4n) is 2.29. The minimum atomic E-state index is -0.916. The van der Waals surface area contributed by atoms with Crippen LogP contribution in [-0.4, -0.2) is 23.0 Å². The first-order chi connectivity index (χ1) is 7.50. The van der Waals surface area contributed by atoms with E-state index in [9.17, 15) is 9.59 Å². The van der Waals surface area contributed by atoms with Gasteiger partial charge in [-0.15, -0.1) is 0 Å². The van der Waals surface area contributed by atoms with Crippen LogP contribution < -0.4 is 5.32 Å². The van der Waals surface area contributed by atoms with Gasteiger partial charge in [0, 0.05) is 12.5 Å². The zero-order valence-electron chi connectivity index (χ0n) is 10.0. The Morgan fingerprint density at radius 2 is 1.94 bits per heavy atom. The third-order valence-electron chi connectivity index (χ3n) is 3.62. The van der Waals surface area contributed by atoms with E-state index >= 15 is 0 Å². The maximum Gasteiger partial charge on any atom is 0.303 e. The smallest absolute Gasteiger partial charge is 0.303 e. The molecule has 0 saturated heterocycles. The molecule has 0 aliphatic heterocycles. The van der Waals surface area contributed by atoms with Gasteiger partial charge in [0.1, 0.15) is 0 Å². The van der Waals surface area contributed by atoms with Gasteiger partial charge < -0.3 is 10.4 Å². The first-order valence-electron chi connectivity index (χ1n) is 6.02. The maximum absolute atomic E-state index is 11.5. The molecule has 0 spiro atoms. The van der Waals surface area contributed by atoms with Crippen molar-refractivity contribution in [2.75, 3.05) is 0 Å².